The minimum atomic E-state index is -4.50. The molecule has 0 heterocycles. The highest BCUT2D eigenvalue weighted by atomic mass is 35.5. The lowest BCUT2D eigenvalue weighted by atomic mass is 10.1. The van der Waals surface area contributed by atoms with E-state index in [9.17, 15) is 13.2 Å². The summed E-state index contributed by atoms with van der Waals surface area (Å²) in [6.45, 7) is 6.32. The minimum absolute atomic E-state index is 0.0280. The average Bonchev–Trinajstić information content (AvgIpc) is 2.15. The Morgan fingerprint density at radius 3 is 2.33 bits per heavy atom. The molecule has 0 aliphatic heterocycles. The average molecular weight is 236 g/mol. The van der Waals surface area contributed by atoms with Gasteiger partial charge in [0.15, 0.2) is 5.56 Å². The zero-order chi connectivity index (χ0) is 11.6. The van der Waals surface area contributed by atoms with E-state index in [0.717, 1.165) is 6.07 Å². The zero-order valence-electron chi connectivity index (χ0n) is 7.57. The van der Waals surface area contributed by atoms with Gasteiger partial charge in [-0.1, -0.05) is 24.2 Å². The Morgan fingerprint density at radius 2 is 1.93 bits per heavy atom. The van der Waals surface area contributed by atoms with Crippen LogP contribution in [0.5, 0.6) is 5.75 Å². The highest BCUT2D eigenvalue weighted by Gasteiger charge is 2.39. The normalized spacial score (nSPS) is 11.2. The van der Waals surface area contributed by atoms with E-state index in [1.165, 1.54) is 12.1 Å². The molecule has 0 aliphatic carbocycles. The predicted octanol–water partition coefficient (Wildman–Crippen LogP) is 3.99. The molecule has 1 nitrogen and oxygen atoms in total. The number of hydrogen-bond donors (Lipinski definition) is 0. The van der Waals surface area contributed by atoms with Gasteiger partial charge in [-0.25, -0.2) is 4.42 Å². The molecule has 80 valence electrons. The quantitative estimate of drug-likeness (QED) is 0.687. The van der Waals surface area contributed by atoms with Gasteiger partial charge in [-0.3, -0.25) is 0 Å². The van der Waals surface area contributed by atoms with Crippen molar-refractivity contribution in [2.24, 2.45) is 0 Å². The van der Waals surface area contributed by atoms with Gasteiger partial charge in [-0.2, -0.15) is 13.2 Å². The van der Waals surface area contributed by atoms with E-state index in [2.05, 4.69) is 17.8 Å². The molecule has 1 aromatic rings. The molecule has 5 heteroatoms. The summed E-state index contributed by atoms with van der Waals surface area (Å²) in [6, 6.07) is 3.50. The molecule has 0 saturated heterocycles. The Balaban J connectivity index is 3.48. The zero-order valence-corrected chi connectivity index (χ0v) is 8.32. The first-order valence-electron chi connectivity index (χ1n) is 3.85. The molecule has 0 saturated carbocycles. The van der Waals surface area contributed by atoms with Crippen LogP contribution in [0, 0.1) is 0 Å². The Kier molecular flexibility index (Phi) is 3.19. The highest BCUT2D eigenvalue weighted by Crippen LogP contribution is 2.40. The summed E-state index contributed by atoms with van der Waals surface area (Å²) in [5.74, 6) is -0.412. The van der Waals surface area contributed by atoms with Gasteiger partial charge in [0.2, 0.25) is 0 Å². The standard InChI is InChI=1S/C10H7ClF3O/c1-6(11)7-4-3-5-8(9(7)15-2)10(12,13)14/h3-5H,1-2H2/q+1. The fraction of sp³-hybridized carbons (Fsp3) is 0.100. The van der Waals surface area contributed by atoms with Crippen molar-refractivity contribution in [1.29, 1.82) is 0 Å². The second-order valence-electron chi connectivity index (χ2n) is 2.73. The van der Waals surface area contributed by atoms with Crippen LogP contribution in [-0.4, -0.2) is 6.79 Å². The number of carbonyl (C=O) groups excluding carboxylic acids is 1. The molecular weight excluding hydrogens is 229 g/mol. The van der Waals surface area contributed by atoms with Crippen LogP contribution in [0.3, 0.4) is 0 Å². The summed E-state index contributed by atoms with van der Waals surface area (Å²) in [5.41, 5.74) is -0.835. The van der Waals surface area contributed by atoms with E-state index in [4.69, 9.17) is 11.6 Å². The van der Waals surface area contributed by atoms with Gasteiger partial charge in [0, 0.05) is 0 Å². The minimum Gasteiger partial charge on any atom is -0.223 e. The first-order valence-corrected chi connectivity index (χ1v) is 4.22. The van der Waals surface area contributed by atoms with Crippen LogP contribution >= 0.6 is 11.6 Å². The van der Waals surface area contributed by atoms with E-state index in [1.54, 1.807) is 0 Å². The van der Waals surface area contributed by atoms with Gasteiger partial charge in [0.25, 0.3) is 6.79 Å². The summed E-state index contributed by atoms with van der Waals surface area (Å²) in [5, 5.41) is -0.0280. The van der Waals surface area contributed by atoms with Crippen LogP contribution in [0.2, 0.25) is 0 Å². The van der Waals surface area contributed by atoms with Gasteiger partial charge in [0.05, 0.1) is 10.6 Å². The first-order chi connectivity index (χ1) is 6.88. The van der Waals surface area contributed by atoms with E-state index in [1.807, 2.05) is 0 Å². The van der Waals surface area contributed by atoms with Crippen LogP contribution in [0.25, 0.3) is 5.03 Å². The van der Waals surface area contributed by atoms with Crippen molar-refractivity contribution in [3.8, 4) is 5.75 Å². The van der Waals surface area contributed by atoms with Crippen LogP contribution in [-0.2, 0) is 10.6 Å². The number of alkyl halides is 3. The third-order valence-corrected chi connectivity index (χ3v) is 1.96. The highest BCUT2D eigenvalue weighted by molar-refractivity contribution is 6.48. The van der Waals surface area contributed by atoms with E-state index in [-0.39, 0.29) is 10.6 Å². The summed E-state index contributed by atoms with van der Waals surface area (Å²) >= 11 is 5.54. The van der Waals surface area contributed by atoms with Crippen LogP contribution < -0.4 is 0 Å². The lowest BCUT2D eigenvalue weighted by molar-refractivity contribution is -0.359. The van der Waals surface area contributed by atoms with Gasteiger partial charge >= 0.3 is 11.9 Å². The van der Waals surface area contributed by atoms with Crippen molar-refractivity contribution in [1.82, 2.24) is 0 Å². The maximum Gasteiger partial charge on any atom is 0.425 e. The first kappa shape index (κ1) is 11.8. The molecule has 0 unspecified atom stereocenters. The van der Waals surface area contributed by atoms with Crippen molar-refractivity contribution >= 4 is 23.4 Å². The Morgan fingerprint density at radius 1 is 1.33 bits per heavy atom. The third-order valence-electron chi connectivity index (χ3n) is 1.76. The van der Waals surface area contributed by atoms with Gasteiger partial charge in [-0.15, -0.1) is 0 Å². The van der Waals surface area contributed by atoms with Gasteiger partial charge in [-0.05, 0) is 12.1 Å². The third kappa shape index (κ3) is 2.39. The summed E-state index contributed by atoms with van der Waals surface area (Å²) in [7, 11) is 0. The SMILES string of the molecule is C=[O+]c1c(C(=C)Cl)cccc1C(F)(F)F. The summed E-state index contributed by atoms with van der Waals surface area (Å²) in [4.78, 5) is 0. The molecule has 0 N–H and O–H groups in total. The molecule has 1 rings (SSSR count). The molecule has 0 aliphatic rings. The molecular formula is C10H7ClF3O+. The van der Waals surface area contributed by atoms with E-state index < -0.39 is 17.5 Å². The van der Waals surface area contributed by atoms with Crippen molar-refractivity contribution in [2.45, 2.75) is 6.18 Å². The largest absolute Gasteiger partial charge is 0.425 e. The molecule has 1 aromatic carbocycles. The maximum atomic E-state index is 12.5. The topological polar surface area (TPSA) is 11.3 Å². The number of rotatable bonds is 2. The lowest BCUT2D eigenvalue weighted by Crippen LogP contribution is -2.06. The second kappa shape index (κ2) is 4.06. The fourth-order valence-electron chi connectivity index (χ4n) is 1.13. The molecule has 15 heavy (non-hydrogen) atoms. The molecule has 0 radical (unpaired) electrons. The number of hydrogen-bond acceptors (Lipinski definition) is 0. The Bertz CT molecular complexity index is 410. The molecule has 0 bridgehead atoms. The van der Waals surface area contributed by atoms with Gasteiger partial charge < -0.3 is 0 Å². The Hall–Kier alpha value is -1.29. The molecule has 0 fully saturated rings. The molecule has 0 amide bonds. The summed E-state index contributed by atoms with van der Waals surface area (Å²) < 4.78 is 41.9. The van der Waals surface area contributed by atoms with Crippen LogP contribution in [0.4, 0.5) is 13.2 Å². The molecule has 0 aromatic heterocycles. The van der Waals surface area contributed by atoms with Crippen molar-refractivity contribution < 1.29 is 17.6 Å². The second-order valence-corrected chi connectivity index (χ2v) is 3.19. The van der Waals surface area contributed by atoms with Crippen LogP contribution in [0.1, 0.15) is 11.1 Å². The molecule has 0 spiro atoms. The van der Waals surface area contributed by atoms with E-state index in [0.29, 0.717) is 0 Å². The van der Waals surface area contributed by atoms with E-state index >= 15 is 0 Å². The van der Waals surface area contributed by atoms with Crippen molar-refractivity contribution in [3.05, 3.63) is 35.9 Å². The maximum absolute atomic E-state index is 12.5. The number of benzene rings is 1. The number of para-hydroxylation sites is 1. The van der Waals surface area contributed by atoms with Crippen molar-refractivity contribution in [2.75, 3.05) is 0 Å². The number of halogens is 4. The summed E-state index contributed by atoms with van der Waals surface area (Å²) in [6.07, 6.45) is -4.50. The Labute approximate surface area is 89.5 Å². The predicted molar refractivity (Wildman–Crippen MR) is 52.9 cm³/mol. The fourth-order valence-corrected chi connectivity index (χ4v) is 1.28. The van der Waals surface area contributed by atoms with Crippen LogP contribution in [0.15, 0.2) is 24.8 Å². The van der Waals surface area contributed by atoms with Crippen molar-refractivity contribution in [3.63, 3.8) is 0 Å². The smallest absolute Gasteiger partial charge is 0.223 e. The monoisotopic (exact) mass is 235 g/mol. The van der Waals surface area contributed by atoms with Gasteiger partial charge in [0.1, 0.15) is 0 Å². The lowest BCUT2D eigenvalue weighted by Gasteiger charge is -2.06. The molecule has 0 atom stereocenters.